The van der Waals surface area contributed by atoms with E-state index in [0.717, 1.165) is 6.54 Å². The van der Waals surface area contributed by atoms with Gasteiger partial charge in [-0.05, 0) is 12.3 Å². The Morgan fingerprint density at radius 3 is 2.47 bits per heavy atom. The normalized spacial score (nSPS) is 12.5. The van der Waals surface area contributed by atoms with E-state index in [-0.39, 0.29) is 0 Å². The molecule has 0 radical (unpaired) electrons. The lowest BCUT2D eigenvalue weighted by Crippen LogP contribution is -2.39. The summed E-state index contributed by atoms with van der Waals surface area (Å²) in [5.41, 5.74) is -1.12. The standard InChI is InChI=1S/C5H7N.C4H5N3O2/c1-2-4-6-5-3-1;5-7-3(8)1-2-6-4(7)9/h1-4,6H,5H2;1-2H,5H2,(H,6,9). The number of allylic oxidation sites excluding steroid dienone is 2. The monoisotopic (exact) mass is 208 g/mol. The van der Waals surface area contributed by atoms with Gasteiger partial charge < -0.3 is 16.1 Å². The molecular weight excluding hydrogens is 196 g/mol. The number of rotatable bonds is 0. The predicted molar refractivity (Wildman–Crippen MR) is 57.8 cm³/mol. The maximum Gasteiger partial charge on any atom is 0.347 e. The number of hydrogen-bond donors (Lipinski definition) is 3. The fourth-order valence-electron chi connectivity index (χ4n) is 0.840. The molecule has 0 amide bonds. The molecule has 0 saturated heterocycles. The maximum absolute atomic E-state index is 10.5. The molecule has 2 rings (SSSR count). The minimum absolute atomic E-state index is 0.500. The topological polar surface area (TPSA) is 92.9 Å². The minimum Gasteiger partial charge on any atom is -0.387 e. The summed E-state index contributed by atoms with van der Waals surface area (Å²) in [4.78, 5) is 23.1. The molecule has 1 aromatic rings. The molecule has 0 bridgehead atoms. The fourth-order valence-corrected chi connectivity index (χ4v) is 0.840. The van der Waals surface area contributed by atoms with Crippen molar-refractivity contribution in [2.45, 2.75) is 0 Å². The van der Waals surface area contributed by atoms with E-state index in [1.807, 2.05) is 18.4 Å². The van der Waals surface area contributed by atoms with Crippen molar-refractivity contribution < 1.29 is 0 Å². The van der Waals surface area contributed by atoms with Crippen LogP contribution in [0.3, 0.4) is 0 Å². The number of nitrogens with one attached hydrogen (secondary N) is 2. The van der Waals surface area contributed by atoms with Crippen LogP contribution < -0.4 is 22.4 Å². The number of nitrogen functional groups attached to an aromatic ring is 1. The van der Waals surface area contributed by atoms with Crippen LogP contribution in [0.4, 0.5) is 0 Å². The van der Waals surface area contributed by atoms with Crippen LogP contribution in [-0.4, -0.2) is 16.2 Å². The number of H-pyrrole nitrogens is 1. The molecule has 80 valence electrons. The Balaban J connectivity index is 0.000000162. The zero-order valence-electron chi connectivity index (χ0n) is 8.01. The first-order valence-corrected chi connectivity index (χ1v) is 4.32. The summed E-state index contributed by atoms with van der Waals surface area (Å²) in [5.74, 6) is 4.94. The summed E-state index contributed by atoms with van der Waals surface area (Å²) < 4.78 is 0.500. The lowest BCUT2D eigenvalue weighted by Gasteiger charge is -1.94. The summed E-state index contributed by atoms with van der Waals surface area (Å²) in [6, 6.07) is 1.17. The Labute approximate surface area is 85.7 Å². The van der Waals surface area contributed by atoms with Gasteiger partial charge in [0, 0.05) is 18.8 Å². The molecule has 0 spiro atoms. The molecule has 6 heteroatoms. The van der Waals surface area contributed by atoms with Crippen LogP contribution in [0.2, 0.25) is 0 Å². The van der Waals surface area contributed by atoms with Gasteiger partial charge in [0.15, 0.2) is 0 Å². The molecule has 0 unspecified atom stereocenters. The van der Waals surface area contributed by atoms with Crippen molar-refractivity contribution in [2.24, 2.45) is 0 Å². The highest BCUT2D eigenvalue weighted by molar-refractivity contribution is 5.06. The second-order valence-electron chi connectivity index (χ2n) is 2.69. The van der Waals surface area contributed by atoms with Crippen LogP contribution in [0, 0.1) is 0 Å². The van der Waals surface area contributed by atoms with Crippen molar-refractivity contribution in [2.75, 3.05) is 12.4 Å². The summed E-state index contributed by atoms with van der Waals surface area (Å²) in [7, 11) is 0. The van der Waals surface area contributed by atoms with Crippen molar-refractivity contribution in [3.63, 3.8) is 0 Å². The van der Waals surface area contributed by atoms with Crippen LogP contribution in [0.5, 0.6) is 0 Å². The first-order valence-electron chi connectivity index (χ1n) is 4.32. The van der Waals surface area contributed by atoms with Gasteiger partial charge in [-0.1, -0.05) is 12.2 Å². The van der Waals surface area contributed by atoms with E-state index in [1.54, 1.807) is 0 Å². The van der Waals surface area contributed by atoms with Crippen LogP contribution in [0.1, 0.15) is 0 Å². The van der Waals surface area contributed by atoms with Crippen molar-refractivity contribution in [3.05, 3.63) is 57.5 Å². The quantitative estimate of drug-likeness (QED) is 0.472. The lowest BCUT2D eigenvalue weighted by atomic mass is 10.4. The highest BCUT2D eigenvalue weighted by Gasteiger charge is 1.89. The van der Waals surface area contributed by atoms with E-state index in [4.69, 9.17) is 5.84 Å². The Hall–Kier alpha value is -2.24. The van der Waals surface area contributed by atoms with Crippen LogP contribution in [0.25, 0.3) is 0 Å². The Bertz CT molecular complexity index is 429. The van der Waals surface area contributed by atoms with Crippen LogP contribution in [0.15, 0.2) is 46.3 Å². The van der Waals surface area contributed by atoms with Gasteiger partial charge in [0.1, 0.15) is 0 Å². The number of aromatic nitrogens is 2. The number of dihydropyridines is 1. The predicted octanol–water partition coefficient (Wildman–Crippen LogP) is -1.09. The number of aromatic amines is 1. The summed E-state index contributed by atoms with van der Waals surface area (Å²) in [6.07, 6.45) is 9.24. The fraction of sp³-hybridized carbons (Fsp3) is 0.111. The van der Waals surface area contributed by atoms with Crippen molar-refractivity contribution >= 4 is 0 Å². The smallest absolute Gasteiger partial charge is 0.347 e. The molecular formula is C9H12N4O2. The molecule has 0 aliphatic carbocycles. The molecule has 2 heterocycles. The van der Waals surface area contributed by atoms with Crippen molar-refractivity contribution in [1.29, 1.82) is 0 Å². The molecule has 0 aromatic carbocycles. The number of hydrogen-bond acceptors (Lipinski definition) is 4. The van der Waals surface area contributed by atoms with E-state index < -0.39 is 11.2 Å². The van der Waals surface area contributed by atoms with Gasteiger partial charge in [0.2, 0.25) is 0 Å². The third kappa shape index (κ3) is 3.55. The number of nitrogens with zero attached hydrogens (tertiary/aromatic N) is 1. The SMILES string of the molecule is C1=CCNC=C1.Nn1c(=O)cc[nH]c1=O. The summed E-state index contributed by atoms with van der Waals surface area (Å²) in [6.45, 7) is 0.983. The minimum atomic E-state index is -0.609. The van der Waals surface area contributed by atoms with Gasteiger partial charge in [-0.2, -0.15) is 4.68 Å². The Morgan fingerprint density at radius 1 is 1.33 bits per heavy atom. The molecule has 0 fully saturated rings. The van der Waals surface area contributed by atoms with Crippen molar-refractivity contribution in [3.8, 4) is 0 Å². The molecule has 0 saturated carbocycles. The molecule has 1 aliphatic rings. The molecule has 6 nitrogen and oxygen atoms in total. The molecule has 0 atom stereocenters. The second-order valence-corrected chi connectivity index (χ2v) is 2.69. The zero-order valence-corrected chi connectivity index (χ0v) is 8.01. The number of nitrogens with two attached hydrogens (primary N) is 1. The zero-order chi connectivity index (χ0) is 11.1. The van der Waals surface area contributed by atoms with Gasteiger partial charge in [0.25, 0.3) is 5.56 Å². The third-order valence-electron chi connectivity index (χ3n) is 1.59. The highest BCUT2D eigenvalue weighted by atomic mass is 16.2. The highest BCUT2D eigenvalue weighted by Crippen LogP contribution is 1.78. The summed E-state index contributed by atoms with van der Waals surface area (Å²) >= 11 is 0. The van der Waals surface area contributed by atoms with Gasteiger partial charge in [-0.15, -0.1) is 0 Å². The summed E-state index contributed by atoms with van der Waals surface area (Å²) in [5, 5.41) is 3.02. The average molecular weight is 208 g/mol. The van der Waals surface area contributed by atoms with Gasteiger partial charge in [-0.25, -0.2) is 4.79 Å². The third-order valence-corrected chi connectivity index (χ3v) is 1.59. The Morgan fingerprint density at radius 2 is 2.13 bits per heavy atom. The molecule has 1 aromatic heterocycles. The van der Waals surface area contributed by atoms with Gasteiger partial charge in [0.05, 0.1) is 0 Å². The van der Waals surface area contributed by atoms with Crippen LogP contribution >= 0.6 is 0 Å². The second kappa shape index (κ2) is 5.48. The maximum atomic E-state index is 10.5. The largest absolute Gasteiger partial charge is 0.387 e. The molecule has 1 aliphatic heterocycles. The van der Waals surface area contributed by atoms with E-state index in [9.17, 15) is 9.59 Å². The van der Waals surface area contributed by atoms with E-state index in [2.05, 4.69) is 16.4 Å². The lowest BCUT2D eigenvalue weighted by molar-refractivity contribution is 0.833. The first-order chi connectivity index (χ1) is 7.22. The average Bonchev–Trinajstić information content (AvgIpc) is 2.29. The van der Waals surface area contributed by atoms with E-state index >= 15 is 0 Å². The van der Waals surface area contributed by atoms with Gasteiger partial charge >= 0.3 is 5.69 Å². The first kappa shape index (κ1) is 10.8. The van der Waals surface area contributed by atoms with Crippen molar-refractivity contribution in [1.82, 2.24) is 15.0 Å². The van der Waals surface area contributed by atoms with Crippen LogP contribution in [-0.2, 0) is 0 Å². The molecule has 15 heavy (non-hydrogen) atoms. The van der Waals surface area contributed by atoms with E-state index in [0.29, 0.717) is 4.68 Å². The van der Waals surface area contributed by atoms with Gasteiger partial charge in [-0.3, -0.25) is 4.79 Å². The van der Waals surface area contributed by atoms with E-state index in [1.165, 1.54) is 12.3 Å². The molecule has 4 N–H and O–H groups in total. The Kier molecular flexibility index (Phi) is 3.96.